The van der Waals surface area contributed by atoms with E-state index < -0.39 is 0 Å². The Kier molecular flexibility index (Phi) is 6.58. The van der Waals surface area contributed by atoms with E-state index in [1.807, 2.05) is 12.3 Å². The lowest BCUT2D eigenvalue weighted by Crippen LogP contribution is -2.23. The van der Waals surface area contributed by atoms with Crippen LogP contribution < -0.4 is 16.2 Å². The first-order valence-electron chi connectivity index (χ1n) is 6.31. The van der Waals surface area contributed by atoms with Gasteiger partial charge >= 0.3 is 0 Å². The van der Waals surface area contributed by atoms with Crippen molar-refractivity contribution in [3.8, 4) is 0 Å². The summed E-state index contributed by atoms with van der Waals surface area (Å²) in [5.74, 6) is 0. The number of rotatable bonds is 8. The summed E-state index contributed by atoms with van der Waals surface area (Å²) in [6.07, 6.45) is 4.10. The van der Waals surface area contributed by atoms with E-state index in [-0.39, 0.29) is 5.56 Å². The van der Waals surface area contributed by atoms with Crippen LogP contribution in [0.1, 0.15) is 25.3 Å². The van der Waals surface area contributed by atoms with Gasteiger partial charge in [0.25, 0.3) is 5.56 Å². The second-order valence-electron chi connectivity index (χ2n) is 4.26. The summed E-state index contributed by atoms with van der Waals surface area (Å²) in [6, 6.07) is 3.66. The summed E-state index contributed by atoms with van der Waals surface area (Å²) in [6.45, 7) is 6.06. The van der Waals surface area contributed by atoms with E-state index in [9.17, 15) is 4.79 Å². The van der Waals surface area contributed by atoms with Gasteiger partial charge in [0.05, 0.1) is 0 Å². The van der Waals surface area contributed by atoms with Crippen LogP contribution in [0.5, 0.6) is 0 Å². The van der Waals surface area contributed by atoms with Crippen LogP contribution in [-0.2, 0) is 13.6 Å². The molecule has 0 spiro atoms. The van der Waals surface area contributed by atoms with Gasteiger partial charge in [0.2, 0.25) is 0 Å². The van der Waals surface area contributed by atoms with Crippen LogP contribution in [0.25, 0.3) is 0 Å². The molecule has 2 N–H and O–H groups in total. The Balaban J connectivity index is 2.14. The maximum Gasteiger partial charge on any atom is 0.250 e. The lowest BCUT2D eigenvalue weighted by Gasteiger charge is -2.06. The minimum absolute atomic E-state index is 0.0499. The molecule has 1 rings (SSSR count). The molecule has 1 aromatic heterocycles. The minimum Gasteiger partial charge on any atom is -0.319 e. The van der Waals surface area contributed by atoms with E-state index >= 15 is 0 Å². The van der Waals surface area contributed by atoms with Crippen molar-refractivity contribution in [2.75, 3.05) is 19.6 Å². The van der Waals surface area contributed by atoms with Crippen molar-refractivity contribution in [3.63, 3.8) is 0 Å². The van der Waals surface area contributed by atoms with Crippen molar-refractivity contribution in [1.29, 1.82) is 0 Å². The van der Waals surface area contributed by atoms with Crippen molar-refractivity contribution >= 4 is 0 Å². The largest absolute Gasteiger partial charge is 0.319 e. The standard InChI is InChI=1S/C13H23N3O/c1-3-6-14-7-4-8-15-11-12-5-9-16(2)13(17)10-12/h5,9-10,14-15H,3-4,6-8,11H2,1-2H3. The molecule has 1 aromatic rings. The lowest BCUT2D eigenvalue weighted by atomic mass is 10.2. The Morgan fingerprint density at radius 1 is 1.24 bits per heavy atom. The van der Waals surface area contributed by atoms with Crippen LogP contribution in [-0.4, -0.2) is 24.2 Å². The number of hydrogen-bond acceptors (Lipinski definition) is 3. The van der Waals surface area contributed by atoms with E-state index in [1.54, 1.807) is 17.7 Å². The molecule has 4 nitrogen and oxygen atoms in total. The molecule has 1 heterocycles. The van der Waals surface area contributed by atoms with Gasteiger partial charge in [-0.15, -0.1) is 0 Å². The van der Waals surface area contributed by atoms with Crippen LogP contribution in [0.15, 0.2) is 23.1 Å². The number of aryl methyl sites for hydroxylation is 1. The van der Waals surface area contributed by atoms with Gasteiger partial charge in [-0.05, 0) is 44.1 Å². The Hall–Kier alpha value is -1.13. The van der Waals surface area contributed by atoms with Crippen LogP contribution in [0, 0.1) is 0 Å². The highest BCUT2D eigenvalue weighted by Crippen LogP contribution is 1.93. The first-order chi connectivity index (χ1) is 8.24. The topological polar surface area (TPSA) is 46.1 Å². The van der Waals surface area contributed by atoms with Gasteiger partial charge in [0.1, 0.15) is 0 Å². The minimum atomic E-state index is 0.0499. The highest BCUT2D eigenvalue weighted by atomic mass is 16.1. The highest BCUT2D eigenvalue weighted by molar-refractivity contribution is 5.10. The van der Waals surface area contributed by atoms with Crippen molar-refractivity contribution in [2.24, 2.45) is 7.05 Å². The van der Waals surface area contributed by atoms with E-state index in [0.29, 0.717) is 0 Å². The fraction of sp³-hybridized carbons (Fsp3) is 0.615. The molecule has 17 heavy (non-hydrogen) atoms. The van der Waals surface area contributed by atoms with Gasteiger partial charge in [-0.2, -0.15) is 0 Å². The quantitative estimate of drug-likeness (QED) is 0.659. The predicted molar refractivity (Wildman–Crippen MR) is 71.2 cm³/mol. The average Bonchev–Trinajstić information content (AvgIpc) is 2.32. The fourth-order valence-electron chi connectivity index (χ4n) is 1.57. The van der Waals surface area contributed by atoms with Crippen LogP contribution in [0.3, 0.4) is 0 Å². The number of pyridine rings is 1. The van der Waals surface area contributed by atoms with Crippen molar-refractivity contribution in [3.05, 3.63) is 34.2 Å². The molecule has 0 aromatic carbocycles. The molecule has 0 bridgehead atoms. The number of nitrogens with zero attached hydrogens (tertiary/aromatic N) is 1. The SMILES string of the molecule is CCCNCCCNCc1ccn(C)c(=O)c1. The summed E-state index contributed by atoms with van der Waals surface area (Å²) in [5.41, 5.74) is 1.10. The second-order valence-corrected chi connectivity index (χ2v) is 4.26. The number of hydrogen-bond donors (Lipinski definition) is 2. The molecule has 4 heteroatoms. The molecular formula is C13H23N3O. The molecule has 0 saturated carbocycles. The molecule has 0 aliphatic carbocycles. The van der Waals surface area contributed by atoms with Crippen molar-refractivity contribution in [2.45, 2.75) is 26.3 Å². The monoisotopic (exact) mass is 237 g/mol. The molecule has 0 amide bonds. The third-order valence-electron chi connectivity index (χ3n) is 2.63. The summed E-state index contributed by atoms with van der Waals surface area (Å²) in [5, 5.41) is 6.69. The zero-order chi connectivity index (χ0) is 12.5. The lowest BCUT2D eigenvalue weighted by molar-refractivity contribution is 0.591. The van der Waals surface area contributed by atoms with Crippen molar-refractivity contribution < 1.29 is 0 Å². The smallest absolute Gasteiger partial charge is 0.250 e. The van der Waals surface area contributed by atoms with Crippen LogP contribution >= 0.6 is 0 Å². The molecule has 0 atom stereocenters. The molecule has 0 fully saturated rings. The summed E-state index contributed by atoms with van der Waals surface area (Å²) in [7, 11) is 1.76. The van der Waals surface area contributed by atoms with E-state index in [4.69, 9.17) is 0 Å². The van der Waals surface area contributed by atoms with E-state index in [0.717, 1.165) is 38.2 Å². The molecule has 0 aliphatic heterocycles. The van der Waals surface area contributed by atoms with E-state index in [1.165, 1.54) is 6.42 Å². The Bertz CT molecular complexity index is 373. The van der Waals surface area contributed by atoms with Crippen molar-refractivity contribution in [1.82, 2.24) is 15.2 Å². The molecule has 96 valence electrons. The Morgan fingerprint density at radius 3 is 2.71 bits per heavy atom. The summed E-state index contributed by atoms with van der Waals surface area (Å²) < 4.78 is 1.58. The first kappa shape index (κ1) is 13.9. The molecule has 0 aliphatic rings. The summed E-state index contributed by atoms with van der Waals surface area (Å²) >= 11 is 0. The van der Waals surface area contributed by atoms with Gasteiger partial charge in [-0.25, -0.2) is 0 Å². The highest BCUT2D eigenvalue weighted by Gasteiger charge is 1.95. The molecule has 0 saturated heterocycles. The normalized spacial score (nSPS) is 10.7. The maximum atomic E-state index is 11.4. The van der Waals surface area contributed by atoms with Gasteiger partial charge in [0.15, 0.2) is 0 Å². The predicted octanol–water partition coefficient (Wildman–Crippen LogP) is 0.865. The Labute approximate surface area is 103 Å². The summed E-state index contributed by atoms with van der Waals surface area (Å²) in [4.78, 5) is 11.4. The molecular weight excluding hydrogens is 214 g/mol. The van der Waals surface area contributed by atoms with Gasteiger partial charge in [-0.3, -0.25) is 4.79 Å². The van der Waals surface area contributed by atoms with Gasteiger partial charge in [0, 0.05) is 25.9 Å². The van der Waals surface area contributed by atoms with Crippen LogP contribution in [0.4, 0.5) is 0 Å². The maximum absolute atomic E-state index is 11.4. The third-order valence-corrected chi connectivity index (χ3v) is 2.63. The number of nitrogens with one attached hydrogen (secondary N) is 2. The Morgan fingerprint density at radius 2 is 2.00 bits per heavy atom. The average molecular weight is 237 g/mol. The van der Waals surface area contributed by atoms with Gasteiger partial charge < -0.3 is 15.2 Å². The number of aromatic nitrogens is 1. The van der Waals surface area contributed by atoms with Gasteiger partial charge in [-0.1, -0.05) is 6.92 Å². The van der Waals surface area contributed by atoms with E-state index in [2.05, 4.69) is 17.6 Å². The fourth-order valence-corrected chi connectivity index (χ4v) is 1.57. The van der Waals surface area contributed by atoms with Crippen LogP contribution in [0.2, 0.25) is 0 Å². The zero-order valence-electron chi connectivity index (χ0n) is 10.8. The molecule has 0 radical (unpaired) electrons. The second kappa shape index (κ2) is 8.03. The first-order valence-corrected chi connectivity index (χ1v) is 6.31. The third kappa shape index (κ3) is 5.65. The zero-order valence-corrected chi connectivity index (χ0v) is 10.8. The molecule has 0 unspecified atom stereocenters.